The Morgan fingerprint density at radius 1 is 1.10 bits per heavy atom. The number of nitrogens with one attached hydrogen (secondary N) is 1. The van der Waals surface area contributed by atoms with Crippen molar-refractivity contribution in [3.05, 3.63) is 112 Å². The van der Waals surface area contributed by atoms with Gasteiger partial charge in [-0.25, -0.2) is 14.3 Å². The third kappa shape index (κ3) is 7.45. The zero-order valence-corrected chi connectivity index (χ0v) is 24.9. The van der Waals surface area contributed by atoms with E-state index in [1.54, 1.807) is 17.1 Å². The number of ether oxygens (including phenoxy) is 1. The smallest absolute Gasteiger partial charge is 0.165 e. The van der Waals surface area contributed by atoms with Crippen molar-refractivity contribution >= 4 is 22.5 Å². The van der Waals surface area contributed by atoms with Gasteiger partial charge in [0.15, 0.2) is 5.75 Å². The van der Waals surface area contributed by atoms with E-state index < -0.39 is 6.10 Å². The van der Waals surface area contributed by atoms with Gasteiger partial charge in [0.25, 0.3) is 0 Å². The average Bonchev–Trinajstić information content (AvgIpc) is 3.60. The Morgan fingerprint density at radius 3 is 2.55 bits per heavy atom. The maximum absolute atomic E-state index is 12.1. The van der Waals surface area contributed by atoms with E-state index in [0.29, 0.717) is 12.3 Å². The van der Waals surface area contributed by atoms with Gasteiger partial charge in [-0.05, 0) is 66.6 Å². The molecule has 2 unspecified atom stereocenters. The zero-order valence-electron chi connectivity index (χ0n) is 21.3. The number of aromatic nitrogens is 4. The summed E-state index contributed by atoms with van der Waals surface area (Å²) >= 11 is 6.20. The van der Waals surface area contributed by atoms with Crippen molar-refractivity contribution in [2.24, 2.45) is 0 Å². The fourth-order valence-corrected chi connectivity index (χ4v) is 4.62. The molecule has 5 aromatic rings. The molecule has 0 fully saturated rings. The second-order valence-electron chi connectivity index (χ2n) is 8.97. The van der Waals surface area contributed by atoms with E-state index in [2.05, 4.69) is 20.2 Å². The van der Waals surface area contributed by atoms with Crippen LogP contribution in [0.2, 0.25) is 5.02 Å². The molecule has 40 heavy (non-hydrogen) atoms. The first-order valence-corrected chi connectivity index (χ1v) is 12.7. The van der Waals surface area contributed by atoms with E-state index in [1.807, 2.05) is 42.5 Å². The molecule has 9 nitrogen and oxygen atoms in total. The van der Waals surface area contributed by atoms with Crippen molar-refractivity contribution in [2.45, 2.75) is 25.1 Å². The summed E-state index contributed by atoms with van der Waals surface area (Å²) in [5.41, 5.74) is 4.62. The first kappa shape index (κ1) is 30.1. The SMILES string of the molecule is OC(COc1ccc(C2[N-]CCc3c2[nH]c2ccc(Cl)cc32)cc1)Cn1ccnn1.OOc1ccc(F)cc1.[Y]. The van der Waals surface area contributed by atoms with Gasteiger partial charge in [0, 0.05) is 60.5 Å². The van der Waals surface area contributed by atoms with E-state index in [4.69, 9.17) is 26.9 Å². The van der Waals surface area contributed by atoms with Crippen molar-refractivity contribution in [3.63, 3.8) is 0 Å². The molecule has 1 aliphatic heterocycles. The largest absolute Gasteiger partial charge is 0.650 e. The van der Waals surface area contributed by atoms with Crippen LogP contribution in [0.25, 0.3) is 16.2 Å². The molecular weight excluding hydrogens is 614 g/mol. The molecule has 1 radical (unpaired) electrons. The van der Waals surface area contributed by atoms with Gasteiger partial charge in [0.05, 0.1) is 12.7 Å². The summed E-state index contributed by atoms with van der Waals surface area (Å²) in [6, 6.07) is 18.9. The molecule has 2 aromatic heterocycles. The molecule has 1 aliphatic rings. The van der Waals surface area contributed by atoms with Crippen molar-refractivity contribution in [1.82, 2.24) is 20.0 Å². The summed E-state index contributed by atoms with van der Waals surface area (Å²) in [4.78, 5) is 7.34. The van der Waals surface area contributed by atoms with Gasteiger partial charge in [-0.3, -0.25) is 0 Å². The molecule has 0 aliphatic carbocycles. The predicted octanol–water partition coefficient (Wildman–Crippen LogP) is 5.55. The Bertz CT molecular complexity index is 1500. The molecule has 205 valence electrons. The summed E-state index contributed by atoms with van der Waals surface area (Å²) in [5, 5.41) is 32.4. The Labute approximate surface area is 260 Å². The fourth-order valence-electron chi connectivity index (χ4n) is 4.45. The Kier molecular flexibility index (Phi) is 10.7. The number of aliphatic hydroxyl groups is 1. The van der Waals surface area contributed by atoms with E-state index in [1.165, 1.54) is 35.2 Å². The van der Waals surface area contributed by atoms with Crippen molar-refractivity contribution in [2.75, 3.05) is 13.2 Å². The third-order valence-electron chi connectivity index (χ3n) is 6.28. The van der Waals surface area contributed by atoms with Gasteiger partial charge < -0.3 is 25.0 Å². The van der Waals surface area contributed by atoms with Crippen LogP contribution in [0, 0.1) is 5.82 Å². The van der Waals surface area contributed by atoms with Crippen LogP contribution >= 0.6 is 11.6 Å². The minimum Gasteiger partial charge on any atom is -0.650 e. The number of hydrogen-bond acceptors (Lipinski definition) is 6. The maximum Gasteiger partial charge on any atom is 0.165 e. The van der Waals surface area contributed by atoms with Crippen LogP contribution in [0.1, 0.15) is 22.9 Å². The molecular formula is C28H26ClFN5O4Y-. The summed E-state index contributed by atoms with van der Waals surface area (Å²) in [6.07, 6.45) is 3.53. The molecule has 3 N–H and O–H groups in total. The maximum atomic E-state index is 12.1. The first-order chi connectivity index (χ1) is 19.0. The van der Waals surface area contributed by atoms with Crippen LogP contribution in [0.15, 0.2) is 79.1 Å². The zero-order chi connectivity index (χ0) is 27.2. The number of H-pyrrole nitrogens is 1. The number of fused-ring (bicyclic) bond motifs is 3. The molecule has 0 spiro atoms. The topological polar surface area (TPSA) is 120 Å². The number of nitrogens with zero attached hydrogens (tertiary/aromatic N) is 4. The molecule has 0 saturated heterocycles. The number of aromatic amines is 1. The van der Waals surface area contributed by atoms with Crippen LogP contribution in [0.3, 0.4) is 0 Å². The van der Waals surface area contributed by atoms with Crippen molar-refractivity contribution in [3.8, 4) is 11.5 Å². The van der Waals surface area contributed by atoms with Crippen LogP contribution in [0.4, 0.5) is 4.39 Å². The average molecular weight is 640 g/mol. The van der Waals surface area contributed by atoms with Crippen LogP contribution < -0.4 is 9.62 Å². The second kappa shape index (κ2) is 14.2. The Morgan fingerprint density at radius 2 is 1.85 bits per heavy atom. The molecule has 3 aromatic carbocycles. The molecule has 6 rings (SSSR count). The van der Waals surface area contributed by atoms with Gasteiger partial charge in [-0.15, -0.1) is 11.6 Å². The third-order valence-corrected chi connectivity index (χ3v) is 6.51. The Balaban J connectivity index is 0.000000317. The number of rotatable bonds is 7. The monoisotopic (exact) mass is 639 g/mol. The van der Waals surface area contributed by atoms with Gasteiger partial charge in [-0.2, -0.15) is 0 Å². The van der Waals surface area contributed by atoms with E-state index in [9.17, 15) is 9.50 Å². The minimum absolute atomic E-state index is 0. The minimum atomic E-state index is -0.666. The summed E-state index contributed by atoms with van der Waals surface area (Å²) < 4.78 is 19.4. The fraction of sp³-hybridized carbons (Fsp3) is 0.214. The van der Waals surface area contributed by atoms with Gasteiger partial charge in [-0.1, -0.05) is 40.6 Å². The molecule has 3 heterocycles. The number of aliphatic hydroxyl groups excluding tert-OH is 1. The predicted molar refractivity (Wildman–Crippen MR) is 145 cm³/mol. The van der Waals surface area contributed by atoms with Crippen LogP contribution in [-0.2, 0) is 45.7 Å². The van der Waals surface area contributed by atoms with E-state index in [0.717, 1.165) is 34.8 Å². The summed E-state index contributed by atoms with van der Waals surface area (Å²) in [6.45, 7) is 1.30. The van der Waals surface area contributed by atoms with E-state index in [-0.39, 0.29) is 56.9 Å². The van der Waals surface area contributed by atoms with Gasteiger partial charge in [0.2, 0.25) is 0 Å². The number of hydrogen-bond donors (Lipinski definition) is 3. The second-order valence-corrected chi connectivity index (χ2v) is 9.41. The number of halogens is 2. The standard InChI is InChI=1S/C22H21ClN5O2.C6H5FO2.Y/c23-15-3-6-20-19(11-15)18-7-8-24-21(22(18)26-20)14-1-4-17(5-2-14)30-13-16(29)12-28-10-9-25-27-28;7-5-1-3-6(9-8)4-2-5;/h1-6,9-11,16,21,26,29H,7-8,12-13H2;1-4,8H;/q-1;;. The molecule has 2 atom stereocenters. The quantitative estimate of drug-likeness (QED) is 0.159. The first-order valence-electron chi connectivity index (χ1n) is 12.3. The Hall–Kier alpha value is -2.86. The summed E-state index contributed by atoms with van der Waals surface area (Å²) in [7, 11) is 0. The molecule has 0 amide bonds. The van der Waals surface area contributed by atoms with Crippen LogP contribution in [-0.4, -0.2) is 49.6 Å². The summed E-state index contributed by atoms with van der Waals surface area (Å²) in [5.74, 6) is 0.586. The van der Waals surface area contributed by atoms with Gasteiger partial charge >= 0.3 is 0 Å². The normalized spacial score (nSPS) is 14.8. The molecule has 0 saturated carbocycles. The molecule has 12 heteroatoms. The van der Waals surface area contributed by atoms with Crippen molar-refractivity contribution in [1.29, 1.82) is 0 Å². The van der Waals surface area contributed by atoms with E-state index >= 15 is 0 Å². The molecule has 0 bridgehead atoms. The number of benzene rings is 3. The van der Waals surface area contributed by atoms with Crippen molar-refractivity contribution < 1.29 is 57.1 Å². The van der Waals surface area contributed by atoms with Crippen LogP contribution in [0.5, 0.6) is 11.5 Å². The van der Waals surface area contributed by atoms with Gasteiger partial charge in [0.1, 0.15) is 24.3 Å².